The van der Waals surface area contributed by atoms with Crippen molar-refractivity contribution in [3.63, 3.8) is 0 Å². The lowest BCUT2D eigenvalue weighted by Gasteiger charge is -2.37. The molecule has 2 N–H and O–H groups in total. The van der Waals surface area contributed by atoms with Gasteiger partial charge in [-0.15, -0.1) is 24.0 Å². The fourth-order valence-corrected chi connectivity index (χ4v) is 3.43. The van der Waals surface area contributed by atoms with Crippen LogP contribution in [0.5, 0.6) is 5.75 Å². The number of hydrogen-bond acceptors (Lipinski definition) is 3. The van der Waals surface area contributed by atoms with E-state index in [0.717, 1.165) is 63.8 Å². The standard InChI is InChI=1S/C22H30N4O.HI/c1-2-23-22(24-14-8-11-19-9-4-3-5-10-19)26-17-15-25(16-18-26)20-12-6-7-13-21(20)27;/h3-7,9-10,12-13,27H,2,8,11,14-18H2,1H3,(H,23,24);1H. The molecule has 1 aliphatic heterocycles. The van der Waals surface area contributed by atoms with E-state index < -0.39 is 0 Å². The lowest BCUT2D eigenvalue weighted by molar-refractivity contribution is 0.370. The highest BCUT2D eigenvalue weighted by Crippen LogP contribution is 2.27. The number of benzene rings is 2. The van der Waals surface area contributed by atoms with Crippen LogP contribution < -0.4 is 10.2 Å². The number of guanidine groups is 1. The molecular weight excluding hydrogens is 463 g/mol. The lowest BCUT2D eigenvalue weighted by Crippen LogP contribution is -2.52. The molecule has 0 unspecified atom stereocenters. The first kappa shape index (κ1) is 22.3. The average Bonchev–Trinajstić information content (AvgIpc) is 2.72. The largest absolute Gasteiger partial charge is 0.506 e. The number of anilines is 1. The molecule has 0 saturated carbocycles. The third-order valence-electron chi connectivity index (χ3n) is 4.86. The number of rotatable bonds is 6. The van der Waals surface area contributed by atoms with E-state index in [-0.39, 0.29) is 24.0 Å². The van der Waals surface area contributed by atoms with Gasteiger partial charge in [0, 0.05) is 39.3 Å². The van der Waals surface area contributed by atoms with Gasteiger partial charge in [0.25, 0.3) is 0 Å². The number of aromatic hydroxyl groups is 1. The number of aliphatic imine (C=N–C) groups is 1. The predicted octanol–water partition coefficient (Wildman–Crippen LogP) is 3.73. The summed E-state index contributed by atoms with van der Waals surface area (Å²) in [5, 5.41) is 13.5. The van der Waals surface area contributed by atoms with Gasteiger partial charge in [0.1, 0.15) is 5.75 Å². The smallest absolute Gasteiger partial charge is 0.194 e. The van der Waals surface area contributed by atoms with Crippen LogP contribution in [0.2, 0.25) is 0 Å². The number of aryl methyl sites for hydroxylation is 1. The SMILES string of the molecule is CCNC(=NCCCc1ccccc1)N1CCN(c2ccccc2O)CC1.I. The number of hydrogen-bond donors (Lipinski definition) is 2. The molecular formula is C22H31IN4O. The molecule has 0 aliphatic carbocycles. The zero-order valence-corrected chi connectivity index (χ0v) is 18.9. The molecule has 1 aliphatic rings. The van der Waals surface area contributed by atoms with Crippen LogP contribution in [0.3, 0.4) is 0 Å². The zero-order chi connectivity index (χ0) is 18.9. The quantitative estimate of drug-likeness (QED) is 0.278. The van der Waals surface area contributed by atoms with Gasteiger partial charge in [-0.25, -0.2) is 0 Å². The molecule has 3 rings (SSSR count). The van der Waals surface area contributed by atoms with Crippen LogP contribution in [-0.4, -0.2) is 55.2 Å². The Morgan fingerprint density at radius 3 is 2.36 bits per heavy atom. The average molecular weight is 494 g/mol. The fourth-order valence-electron chi connectivity index (χ4n) is 3.43. The monoisotopic (exact) mass is 494 g/mol. The van der Waals surface area contributed by atoms with E-state index in [1.54, 1.807) is 6.07 Å². The first-order valence-corrected chi connectivity index (χ1v) is 9.88. The summed E-state index contributed by atoms with van der Waals surface area (Å²) in [5.41, 5.74) is 2.29. The van der Waals surface area contributed by atoms with E-state index in [1.807, 2.05) is 18.2 Å². The first-order valence-electron chi connectivity index (χ1n) is 9.88. The molecule has 1 heterocycles. The van der Waals surface area contributed by atoms with Crippen LogP contribution in [0.15, 0.2) is 59.6 Å². The summed E-state index contributed by atoms with van der Waals surface area (Å²) in [4.78, 5) is 9.39. The van der Waals surface area contributed by atoms with Crippen LogP contribution in [0.4, 0.5) is 5.69 Å². The van der Waals surface area contributed by atoms with Gasteiger partial charge >= 0.3 is 0 Å². The Morgan fingerprint density at radius 1 is 1.00 bits per heavy atom. The summed E-state index contributed by atoms with van der Waals surface area (Å²) >= 11 is 0. The van der Waals surface area contributed by atoms with Crippen molar-refractivity contribution in [2.45, 2.75) is 19.8 Å². The summed E-state index contributed by atoms with van der Waals surface area (Å²) in [6.07, 6.45) is 2.11. The topological polar surface area (TPSA) is 51.1 Å². The Bertz CT molecular complexity index is 730. The van der Waals surface area contributed by atoms with Gasteiger partial charge in [-0.3, -0.25) is 4.99 Å². The highest BCUT2D eigenvalue weighted by molar-refractivity contribution is 14.0. The number of piperazine rings is 1. The van der Waals surface area contributed by atoms with Gasteiger partial charge in [-0.2, -0.15) is 0 Å². The van der Waals surface area contributed by atoms with E-state index in [4.69, 9.17) is 4.99 Å². The van der Waals surface area contributed by atoms with Crippen LogP contribution in [0.25, 0.3) is 0 Å². The van der Waals surface area contributed by atoms with E-state index in [1.165, 1.54) is 5.56 Å². The molecule has 1 fully saturated rings. The molecule has 0 aromatic heterocycles. The predicted molar refractivity (Wildman–Crippen MR) is 128 cm³/mol. The molecule has 0 atom stereocenters. The number of phenols is 1. The lowest BCUT2D eigenvalue weighted by atomic mass is 10.1. The molecule has 28 heavy (non-hydrogen) atoms. The van der Waals surface area contributed by atoms with Crippen molar-refractivity contribution >= 4 is 35.6 Å². The number of halogens is 1. The minimum absolute atomic E-state index is 0. The normalized spacial score (nSPS) is 14.5. The van der Waals surface area contributed by atoms with Crippen LogP contribution >= 0.6 is 24.0 Å². The second-order valence-electron chi connectivity index (χ2n) is 6.79. The Balaban J connectivity index is 0.00000280. The second kappa shape index (κ2) is 11.8. The fraction of sp³-hybridized carbons (Fsp3) is 0.409. The van der Waals surface area contributed by atoms with Gasteiger partial charge < -0.3 is 20.2 Å². The highest BCUT2D eigenvalue weighted by Gasteiger charge is 2.21. The molecule has 5 nitrogen and oxygen atoms in total. The van der Waals surface area contributed by atoms with Gasteiger partial charge in [-0.1, -0.05) is 42.5 Å². The Labute approximate surface area is 185 Å². The van der Waals surface area contributed by atoms with Crippen LogP contribution in [0, 0.1) is 0 Å². The second-order valence-corrected chi connectivity index (χ2v) is 6.79. The summed E-state index contributed by atoms with van der Waals surface area (Å²) in [6, 6.07) is 18.1. The van der Waals surface area contributed by atoms with Crippen LogP contribution in [0.1, 0.15) is 18.9 Å². The van der Waals surface area contributed by atoms with Gasteiger partial charge in [0.15, 0.2) is 5.96 Å². The summed E-state index contributed by atoms with van der Waals surface area (Å²) < 4.78 is 0. The maximum atomic E-state index is 10.1. The molecule has 152 valence electrons. The molecule has 6 heteroatoms. The summed E-state index contributed by atoms with van der Waals surface area (Å²) in [5.74, 6) is 1.36. The minimum Gasteiger partial charge on any atom is -0.506 e. The molecule has 2 aromatic rings. The maximum absolute atomic E-state index is 10.1. The van der Waals surface area contributed by atoms with E-state index in [0.29, 0.717) is 5.75 Å². The highest BCUT2D eigenvalue weighted by atomic mass is 127. The first-order chi connectivity index (χ1) is 13.3. The van der Waals surface area contributed by atoms with Gasteiger partial charge in [-0.05, 0) is 37.5 Å². The molecule has 0 bridgehead atoms. The number of phenolic OH excluding ortho intramolecular Hbond substituents is 1. The Kier molecular flexibility index (Phi) is 9.40. The molecule has 0 amide bonds. The molecule has 0 radical (unpaired) electrons. The van der Waals surface area contributed by atoms with Crippen molar-refractivity contribution in [2.75, 3.05) is 44.2 Å². The number of para-hydroxylation sites is 2. The number of nitrogens with zero attached hydrogens (tertiary/aromatic N) is 3. The Morgan fingerprint density at radius 2 is 1.68 bits per heavy atom. The third kappa shape index (κ3) is 6.29. The van der Waals surface area contributed by atoms with Crippen molar-refractivity contribution in [1.82, 2.24) is 10.2 Å². The third-order valence-corrected chi connectivity index (χ3v) is 4.86. The van der Waals surface area contributed by atoms with Crippen molar-refractivity contribution in [3.05, 3.63) is 60.2 Å². The zero-order valence-electron chi connectivity index (χ0n) is 16.6. The van der Waals surface area contributed by atoms with E-state index >= 15 is 0 Å². The van der Waals surface area contributed by atoms with Gasteiger partial charge in [0.05, 0.1) is 5.69 Å². The maximum Gasteiger partial charge on any atom is 0.194 e. The number of nitrogens with one attached hydrogen (secondary N) is 1. The minimum atomic E-state index is 0. The van der Waals surface area contributed by atoms with Crippen LogP contribution in [-0.2, 0) is 6.42 Å². The van der Waals surface area contributed by atoms with Gasteiger partial charge in [0.2, 0.25) is 0 Å². The summed E-state index contributed by atoms with van der Waals surface area (Å²) in [7, 11) is 0. The molecule has 2 aromatic carbocycles. The molecule has 1 saturated heterocycles. The van der Waals surface area contributed by atoms with Crippen molar-refractivity contribution in [2.24, 2.45) is 4.99 Å². The van der Waals surface area contributed by atoms with E-state index in [9.17, 15) is 5.11 Å². The molecule has 0 spiro atoms. The van der Waals surface area contributed by atoms with Crippen molar-refractivity contribution in [3.8, 4) is 5.75 Å². The van der Waals surface area contributed by atoms with E-state index in [2.05, 4.69) is 52.4 Å². The van der Waals surface area contributed by atoms with Crippen molar-refractivity contribution in [1.29, 1.82) is 0 Å². The Hall–Kier alpha value is -1.96. The van der Waals surface area contributed by atoms with Crippen molar-refractivity contribution < 1.29 is 5.11 Å². The summed E-state index contributed by atoms with van der Waals surface area (Å²) in [6.45, 7) is 7.38.